The van der Waals surface area contributed by atoms with Crippen molar-refractivity contribution in [3.05, 3.63) is 23.9 Å². The molecular weight excluding hydrogens is 238 g/mol. The summed E-state index contributed by atoms with van der Waals surface area (Å²) >= 11 is 0. The van der Waals surface area contributed by atoms with E-state index in [1.54, 1.807) is 13.3 Å². The average Bonchev–Trinajstić information content (AvgIpc) is 2.39. The van der Waals surface area contributed by atoms with E-state index in [2.05, 4.69) is 35.1 Å². The number of methoxy groups -OCH3 is 1. The second kappa shape index (κ2) is 6.87. The molecule has 2 heterocycles. The summed E-state index contributed by atoms with van der Waals surface area (Å²) in [5, 5.41) is 3.61. The molecule has 0 aromatic carbocycles. The van der Waals surface area contributed by atoms with Crippen LogP contribution in [-0.2, 0) is 6.54 Å². The smallest absolute Gasteiger partial charge is 0.217 e. The molecule has 0 bridgehead atoms. The Morgan fingerprint density at radius 3 is 3.11 bits per heavy atom. The minimum atomic E-state index is 0.608. The van der Waals surface area contributed by atoms with Gasteiger partial charge >= 0.3 is 0 Å². The zero-order chi connectivity index (χ0) is 13.7. The Balaban J connectivity index is 1.95. The normalized spacial score (nSPS) is 20.7. The van der Waals surface area contributed by atoms with E-state index in [9.17, 15) is 0 Å². The second-order valence-electron chi connectivity index (χ2n) is 5.69. The van der Waals surface area contributed by atoms with Gasteiger partial charge in [0.05, 0.1) is 7.11 Å². The van der Waals surface area contributed by atoms with Crippen molar-refractivity contribution in [3.8, 4) is 5.88 Å². The molecule has 1 aliphatic heterocycles. The number of nitrogens with one attached hydrogen (secondary N) is 1. The largest absolute Gasteiger partial charge is 0.481 e. The first-order chi connectivity index (χ1) is 9.19. The maximum atomic E-state index is 5.32. The van der Waals surface area contributed by atoms with Crippen LogP contribution in [0.15, 0.2) is 18.3 Å². The molecule has 0 amide bonds. The van der Waals surface area contributed by atoms with Gasteiger partial charge in [-0.25, -0.2) is 4.98 Å². The van der Waals surface area contributed by atoms with Gasteiger partial charge in [-0.2, -0.15) is 0 Å². The minimum Gasteiger partial charge on any atom is -0.481 e. The molecule has 0 radical (unpaired) electrons. The molecule has 4 nitrogen and oxygen atoms in total. The maximum Gasteiger partial charge on any atom is 0.217 e. The number of piperazine rings is 1. The number of pyridine rings is 1. The van der Waals surface area contributed by atoms with E-state index in [-0.39, 0.29) is 0 Å². The lowest BCUT2D eigenvalue weighted by Crippen LogP contribution is -2.50. The molecule has 1 aliphatic rings. The van der Waals surface area contributed by atoms with Crippen LogP contribution in [0, 0.1) is 5.92 Å². The van der Waals surface area contributed by atoms with Crippen molar-refractivity contribution in [1.29, 1.82) is 0 Å². The first kappa shape index (κ1) is 14.3. The summed E-state index contributed by atoms with van der Waals surface area (Å²) in [6, 6.07) is 4.69. The van der Waals surface area contributed by atoms with Crippen molar-refractivity contribution in [2.45, 2.75) is 32.9 Å². The van der Waals surface area contributed by atoms with Crippen LogP contribution in [0.1, 0.15) is 25.8 Å². The SMILES string of the molecule is COc1ncccc1CN1CCNC(CC(C)C)C1. The van der Waals surface area contributed by atoms with Gasteiger partial charge in [-0.3, -0.25) is 4.90 Å². The molecular formula is C15H25N3O. The van der Waals surface area contributed by atoms with Crippen molar-refractivity contribution in [2.24, 2.45) is 5.92 Å². The molecule has 1 saturated heterocycles. The standard InChI is InChI=1S/C15H25N3O/c1-12(2)9-14-11-18(8-7-16-14)10-13-5-4-6-17-15(13)19-3/h4-6,12,14,16H,7-11H2,1-3H3. The first-order valence-electron chi connectivity index (χ1n) is 7.12. The summed E-state index contributed by atoms with van der Waals surface area (Å²) in [4.78, 5) is 6.75. The quantitative estimate of drug-likeness (QED) is 0.880. The number of rotatable bonds is 5. The van der Waals surface area contributed by atoms with Crippen molar-refractivity contribution in [2.75, 3.05) is 26.7 Å². The van der Waals surface area contributed by atoms with Gasteiger partial charge in [0.25, 0.3) is 0 Å². The van der Waals surface area contributed by atoms with Crippen LogP contribution in [0.5, 0.6) is 5.88 Å². The van der Waals surface area contributed by atoms with Crippen LogP contribution >= 0.6 is 0 Å². The van der Waals surface area contributed by atoms with Crippen LogP contribution < -0.4 is 10.1 Å². The lowest BCUT2D eigenvalue weighted by atomic mass is 10.0. The van der Waals surface area contributed by atoms with Crippen LogP contribution in [-0.4, -0.2) is 42.7 Å². The first-order valence-corrected chi connectivity index (χ1v) is 7.12. The van der Waals surface area contributed by atoms with Gasteiger partial charge < -0.3 is 10.1 Å². The molecule has 1 aromatic heterocycles. The highest BCUT2D eigenvalue weighted by Gasteiger charge is 2.21. The number of nitrogens with zero attached hydrogens (tertiary/aromatic N) is 2. The Kier molecular flexibility index (Phi) is 5.16. The van der Waals surface area contributed by atoms with Gasteiger partial charge in [-0.05, 0) is 18.4 Å². The topological polar surface area (TPSA) is 37.4 Å². The summed E-state index contributed by atoms with van der Waals surface area (Å²) in [6.07, 6.45) is 3.02. The molecule has 1 atom stereocenters. The van der Waals surface area contributed by atoms with Gasteiger partial charge in [0.2, 0.25) is 5.88 Å². The molecule has 0 saturated carbocycles. The Hall–Kier alpha value is -1.13. The Bertz CT molecular complexity index is 395. The fourth-order valence-electron chi connectivity index (χ4n) is 2.73. The molecule has 1 fully saturated rings. The predicted octanol–water partition coefficient (Wildman–Crippen LogP) is 1.91. The summed E-state index contributed by atoms with van der Waals surface area (Å²) in [5.41, 5.74) is 1.18. The maximum absolute atomic E-state index is 5.32. The third kappa shape index (κ3) is 4.18. The molecule has 106 valence electrons. The molecule has 19 heavy (non-hydrogen) atoms. The van der Waals surface area contributed by atoms with E-state index in [0.717, 1.165) is 38.0 Å². The van der Waals surface area contributed by atoms with Crippen molar-refractivity contribution in [1.82, 2.24) is 15.2 Å². The van der Waals surface area contributed by atoms with E-state index in [1.165, 1.54) is 12.0 Å². The van der Waals surface area contributed by atoms with E-state index < -0.39 is 0 Å². The summed E-state index contributed by atoms with van der Waals surface area (Å²) < 4.78 is 5.32. The Labute approximate surface area is 116 Å². The number of hydrogen-bond acceptors (Lipinski definition) is 4. The van der Waals surface area contributed by atoms with E-state index in [1.807, 2.05) is 6.07 Å². The summed E-state index contributed by atoms with van der Waals surface area (Å²) in [6.45, 7) is 8.76. The lowest BCUT2D eigenvalue weighted by molar-refractivity contribution is 0.177. The fourth-order valence-corrected chi connectivity index (χ4v) is 2.73. The van der Waals surface area contributed by atoms with Gasteiger partial charge in [-0.15, -0.1) is 0 Å². The lowest BCUT2D eigenvalue weighted by Gasteiger charge is -2.34. The minimum absolute atomic E-state index is 0.608. The Morgan fingerprint density at radius 2 is 2.37 bits per heavy atom. The summed E-state index contributed by atoms with van der Waals surface area (Å²) in [5.74, 6) is 1.49. The molecule has 1 N–H and O–H groups in total. The van der Waals surface area contributed by atoms with E-state index in [0.29, 0.717) is 6.04 Å². The fraction of sp³-hybridized carbons (Fsp3) is 0.667. The zero-order valence-corrected chi connectivity index (χ0v) is 12.2. The third-order valence-corrected chi connectivity index (χ3v) is 3.53. The number of ether oxygens (including phenoxy) is 1. The molecule has 1 unspecified atom stereocenters. The van der Waals surface area contributed by atoms with Crippen LogP contribution in [0.4, 0.5) is 0 Å². The number of aromatic nitrogens is 1. The third-order valence-electron chi connectivity index (χ3n) is 3.53. The number of hydrogen-bond donors (Lipinski definition) is 1. The van der Waals surface area contributed by atoms with E-state index in [4.69, 9.17) is 4.74 Å². The predicted molar refractivity (Wildman–Crippen MR) is 77.3 cm³/mol. The van der Waals surface area contributed by atoms with Crippen molar-refractivity contribution in [3.63, 3.8) is 0 Å². The highest BCUT2D eigenvalue weighted by atomic mass is 16.5. The molecule has 4 heteroatoms. The van der Waals surface area contributed by atoms with Crippen molar-refractivity contribution < 1.29 is 4.74 Å². The molecule has 0 aliphatic carbocycles. The Morgan fingerprint density at radius 1 is 1.53 bits per heavy atom. The average molecular weight is 263 g/mol. The highest BCUT2D eigenvalue weighted by molar-refractivity contribution is 5.25. The van der Waals surface area contributed by atoms with Crippen LogP contribution in [0.2, 0.25) is 0 Å². The zero-order valence-electron chi connectivity index (χ0n) is 12.2. The molecule has 0 spiro atoms. The molecule has 1 aromatic rings. The van der Waals surface area contributed by atoms with E-state index >= 15 is 0 Å². The van der Waals surface area contributed by atoms with Gasteiger partial charge in [0.1, 0.15) is 0 Å². The van der Waals surface area contributed by atoms with Crippen LogP contribution in [0.25, 0.3) is 0 Å². The molecule has 2 rings (SSSR count). The summed E-state index contributed by atoms with van der Waals surface area (Å²) in [7, 11) is 1.69. The second-order valence-corrected chi connectivity index (χ2v) is 5.69. The van der Waals surface area contributed by atoms with Crippen molar-refractivity contribution >= 4 is 0 Å². The van der Waals surface area contributed by atoms with Gasteiger partial charge in [0, 0.05) is 44.0 Å². The highest BCUT2D eigenvalue weighted by Crippen LogP contribution is 2.18. The monoisotopic (exact) mass is 263 g/mol. The van der Waals surface area contributed by atoms with Gasteiger partial charge in [0.15, 0.2) is 0 Å². The van der Waals surface area contributed by atoms with Gasteiger partial charge in [-0.1, -0.05) is 19.9 Å². The van der Waals surface area contributed by atoms with Crippen LogP contribution in [0.3, 0.4) is 0 Å².